The van der Waals surface area contributed by atoms with Crippen LogP contribution in [0.2, 0.25) is 5.02 Å². The van der Waals surface area contributed by atoms with Crippen molar-refractivity contribution in [1.29, 1.82) is 0 Å². The Morgan fingerprint density at radius 3 is 2.75 bits per heavy atom. The number of halogens is 1. The second-order valence-electron chi connectivity index (χ2n) is 4.10. The van der Waals surface area contributed by atoms with E-state index in [0.29, 0.717) is 10.0 Å². The van der Waals surface area contributed by atoms with Gasteiger partial charge in [0.05, 0.1) is 20.7 Å². The normalized spacial score (nSPS) is 11.9. The fraction of sp³-hybridized carbons (Fsp3) is 0.273. The van der Waals surface area contributed by atoms with Crippen molar-refractivity contribution in [2.75, 3.05) is 0 Å². The van der Waals surface area contributed by atoms with Crippen molar-refractivity contribution in [3.8, 4) is 0 Å². The Morgan fingerprint density at radius 1 is 1.50 bits per heavy atom. The minimum absolute atomic E-state index is 0.386. The van der Waals surface area contributed by atoms with Crippen LogP contribution in [0.4, 0.5) is 0 Å². The molecular weight excluding hydrogens is 244 g/mol. The topological polar surface area (TPSA) is 56.0 Å². The van der Waals surface area contributed by atoms with E-state index in [2.05, 4.69) is 4.98 Å². The number of rotatable bonds is 2. The van der Waals surface area contributed by atoms with Crippen molar-refractivity contribution >= 4 is 39.1 Å². The van der Waals surface area contributed by atoms with Crippen molar-refractivity contribution in [1.82, 2.24) is 4.98 Å². The Bertz CT molecular complexity index is 562. The molecule has 0 aliphatic heterocycles. The molecule has 0 saturated carbocycles. The maximum absolute atomic E-state index is 11.3. The molecule has 1 aromatic carbocycles. The summed E-state index contributed by atoms with van der Waals surface area (Å²) in [5, 5.41) is 1.35. The summed E-state index contributed by atoms with van der Waals surface area (Å²) in [4.78, 5) is 15.7. The summed E-state index contributed by atoms with van der Waals surface area (Å²) in [6, 6.07) is 5.52. The lowest BCUT2D eigenvalue weighted by atomic mass is 9.94. The molecule has 1 amide bonds. The van der Waals surface area contributed by atoms with Gasteiger partial charge in [0.15, 0.2) is 0 Å². The zero-order valence-electron chi connectivity index (χ0n) is 8.95. The van der Waals surface area contributed by atoms with E-state index in [0.717, 1.165) is 10.2 Å². The predicted octanol–water partition coefficient (Wildman–Crippen LogP) is 2.71. The van der Waals surface area contributed by atoms with Crippen LogP contribution in [0, 0.1) is 0 Å². The monoisotopic (exact) mass is 254 g/mol. The molecule has 3 nitrogen and oxygen atoms in total. The molecule has 5 heteroatoms. The molecule has 0 aliphatic rings. The first-order valence-electron chi connectivity index (χ1n) is 4.78. The fourth-order valence-electron chi connectivity index (χ4n) is 1.29. The van der Waals surface area contributed by atoms with Gasteiger partial charge in [0.2, 0.25) is 5.91 Å². The zero-order valence-corrected chi connectivity index (χ0v) is 10.5. The lowest BCUT2D eigenvalue weighted by Crippen LogP contribution is -2.35. The minimum Gasteiger partial charge on any atom is -0.369 e. The highest BCUT2D eigenvalue weighted by Crippen LogP contribution is 2.34. The molecular formula is C11H11ClN2OS. The highest BCUT2D eigenvalue weighted by atomic mass is 35.5. The molecule has 2 rings (SSSR count). The van der Waals surface area contributed by atoms with Gasteiger partial charge in [-0.3, -0.25) is 4.79 Å². The van der Waals surface area contributed by atoms with E-state index in [-0.39, 0.29) is 5.91 Å². The molecule has 0 atom stereocenters. The third kappa shape index (κ3) is 1.68. The van der Waals surface area contributed by atoms with Crippen LogP contribution >= 0.6 is 22.9 Å². The Hall–Kier alpha value is -1.13. The van der Waals surface area contributed by atoms with Crippen molar-refractivity contribution in [3.05, 3.63) is 28.2 Å². The van der Waals surface area contributed by atoms with E-state index in [1.807, 2.05) is 18.2 Å². The van der Waals surface area contributed by atoms with Gasteiger partial charge in [-0.25, -0.2) is 4.98 Å². The summed E-state index contributed by atoms with van der Waals surface area (Å²) in [6.07, 6.45) is 0. The average Bonchev–Trinajstić information content (AvgIpc) is 2.63. The van der Waals surface area contributed by atoms with Crippen LogP contribution in [0.1, 0.15) is 18.9 Å². The van der Waals surface area contributed by atoms with Gasteiger partial charge in [0, 0.05) is 0 Å². The van der Waals surface area contributed by atoms with Crippen molar-refractivity contribution < 1.29 is 4.79 Å². The maximum Gasteiger partial charge on any atom is 0.229 e. The molecule has 1 aromatic heterocycles. The van der Waals surface area contributed by atoms with Crippen molar-refractivity contribution in [3.63, 3.8) is 0 Å². The van der Waals surface area contributed by atoms with Crippen LogP contribution in [0.3, 0.4) is 0 Å². The number of aromatic nitrogens is 1. The Balaban J connectivity index is 2.64. The molecule has 0 aliphatic carbocycles. The number of benzene rings is 1. The molecule has 1 heterocycles. The van der Waals surface area contributed by atoms with E-state index in [1.54, 1.807) is 13.8 Å². The van der Waals surface area contributed by atoms with Gasteiger partial charge in [-0.2, -0.15) is 0 Å². The molecule has 16 heavy (non-hydrogen) atoms. The molecule has 0 radical (unpaired) electrons. The number of carbonyl (C=O) groups is 1. The molecule has 0 fully saturated rings. The first kappa shape index (κ1) is 11.4. The summed E-state index contributed by atoms with van der Waals surface area (Å²) in [5.74, 6) is -0.386. The molecule has 0 spiro atoms. The molecule has 2 aromatic rings. The number of carbonyl (C=O) groups excluding carboxylic acids is 1. The highest BCUT2D eigenvalue weighted by Gasteiger charge is 2.31. The zero-order chi connectivity index (χ0) is 11.9. The number of nitrogens with zero attached hydrogens (tertiary/aromatic N) is 1. The van der Waals surface area contributed by atoms with Crippen molar-refractivity contribution in [2.24, 2.45) is 5.73 Å². The van der Waals surface area contributed by atoms with E-state index in [4.69, 9.17) is 17.3 Å². The number of thiazole rings is 1. The van der Waals surface area contributed by atoms with Crippen LogP contribution in [-0.4, -0.2) is 10.9 Å². The summed E-state index contributed by atoms with van der Waals surface area (Å²) in [5.41, 5.74) is 5.41. The van der Waals surface area contributed by atoms with Crippen LogP contribution < -0.4 is 5.73 Å². The lowest BCUT2D eigenvalue weighted by molar-refractivity contribution is -0.122. The highest BCUT2D eigenvalue weighted by molar-refractivity contribution is 7.19. The number of amides is 1. The lowest BCUT2D eigenvalue weighted by Gasteiger charge is -2.16. The summed E-state index contributed by atoms with van der Waals surface area (Å²) in [7, 11) is 0. The van der Waals surface area contributed by atoms with Gasteiger partial charge in [0.25, 0.3) is 0 Å². The van der Waals surface area contributed by atoms with Crippen LogP contribution in [0.15, 0.2) is 18.2 Å². The van der Waals surface area contributed by atoms with Crippen LogP contribution in [-0.2, 0) is 10.2 Å². The molecule has 0 unspecified atom stereocenters. The van der Waals surface area contributed by atoms with Gasteiger partial charge < -0.3 is 5.73 Å². The number of nitrogens with two attached hydrogens (primary N) is 1. The van der Waals surface area contributed by atoms with Crippen LogP contribution in [0.5, 0.6) is 0 Å². The first-order chi connectivity index (χ1) is 7.43. The number of hydrogen-bond acceptors (Lipinski definition) is 3. The number of hydrogen-bond donors (Lipinski definition) is 1. The summed E-state index contributed by atoms with van der Waals surface area (Å²) in [6.45, 7) is 3.53. The maximum atomic E-state index is 11.3. The number of primary amides is 1. The summed E-state index contributed by atoms with van der Waals surface area (Å²) < 4.78 is 0.897. The van der Waals surface area contributed by atoms with Gasteiger partial charge >= 0.3 is 0 Å². The van der Waals surface area contributed by atoms with E-state index < -0.39 is 5.41 Å². The van der Waals surface area contributed by atoms with Crippen LogP contribution in [0.25, 0.3) is 10.2 Å². The molecule has 84 valence electrons. The van der Waals surface area contributed by atoms with E-state index >= 15 is 0 Å². The second kappa shape index (κ2) is 3.71. The third-order valence-corrected chi connectivity index (χ3v) is 4.37. The molecule has 2 N–H and O–H groups in total. The Kier molecular flexibility index (Phi) is 2.64. The summed E-state index contributed by atoms with van der Waals surface area (Å²) >= 11 is 7.47. The smallest absolute Gasteiger partial charge is 0.229 e. The largest absolute Gasteiger partial charge is 0.369 e. The standard InChI is InChI=1S/C11H11ClN2OS/c1-11(2,9(13)15)10-14-7-5-3-4-6(12)8(7)16-10/h3-5H,1-2H3,(H2,13,15). The van der Waals surface area contributed by atoms with Gasteiger partial charge in [-0.05, 0) is 26.0 Å². The SMILES string of the molecule is CC(C)(C(N)=O)c1nc2cccc(Cl)c2s1. The Morgan fingerprint density at radius 2 is 2.19 bits per heavy atom. The predicted molar refractivity (Wildman–Crippen MR) is 66.9 cm³/mol. The third-order valence-electron chi connectivity index (χ3n) is 2.52. The van der Waals surface area contributed by atoms with E-state index in [1.165, 1.54) is 11.3 Å². The average molecular weight is 255 g/mol. The molecule has 0 saturated heterocycles. The van der Waals surface area contributed by atoms with Gasteiger partial charge in [-0.15, -0.1) is 11.3 Å². The fourth-order valence-corrected chi connectivity index (χ4v) is 2.65. The second-order valence-corrected chi connectivity index (χ2v) is 5.50. The number of fused-ring (bicyclic) bond motifs is 1. The quantitative estimate of drug-likeness (QED) is 0.896. The Labute approximate surface area is 102 Å². The van der Waals surface area contributed by atoms with E-state index in [9.17, 15) is 4.79 Å². The van der Waals surface area contributed by atoms with Gasteiger partial charge in [-0.1, -0.05) is 17.7 Å². The van der Waals surface area contributed by atoms with Gasteiger partial charge in [0.1, 0.15) is 5.01 Å². The minimum atomic E-state index is -0.757. The van der Waals surface area contributed by atoms with Crippen molar-refractivity contribution in [2.45, 2.75) is 19.3 Å². The first-order valence-corrected chi connectivity index (χ1v) is 5.98. The molecule has 0 bridgehead atoms.